The topological polar surface area (TPSA) is 69.1 Å². The van der Waals surface area contributed by atoms with Crippen LogP contribution in [0.5, 0.6) is 0 Å². The summed E-state index contributed by atoms with van der Waals surface area (Å²) in [5.74, 6) is 3.27. The Morgan fingerprint density at radius 2 is 1.34 bits per heavy atom. The lowest BCUT2D eigenvalue weighted by molar-refractivity contribution is 0.912. The molecule has 2 aliphatic rings. The van der Waals surface area contributed by atoms with Gasteiger partial charge in [-0.25, -0.2) is 15.0 Å². The summed E-state index contributed by atoms with van der Waals surface area (Å²) in [5, 5.41) is 10.7. The normalized spacial score (nSPS) is 16.9. The molecule has 0 spiro atoms. The monoisotopic (exact) mass is 476 g/mol. The summed E-state index contributed by atoms with van der Waals surface area (Å²) >= 11 is 6.53. The van der Waals surface area contributed by atoms with Crippen molar-refractivity contribution in [2.24, 2.45) is 22.0 Å². The summed E-state index contributed by atoms with van der Waals surface area (Å²) < 4.78 is 2.00. The minimum Gasteiger partial charge on any atom is -0.340 e. The third-order valence-corrected chi connectivity index (χ3v) is 6.74. The highest BCUT2D eigenvalue weighted by atomic mass is 35.5. The van der Waals surface area contributed by atoms with Crippen LogP contribution in [0.3, 0.4) is 0 Å². The van der Waals surface area contributed by atoms with Crippen molar-refractivity contribution in [3.05, 3.63) is 95.1 Å². The van der Waals surface area contributed by atoms with Crippen molar-refractivity contribution in [1.82, 2.24) is 9.38 Å². The number of aliphatic imine (C=N–C) groups is 3. The van der Waals surface area contributed by atoms with Gasteiger partial charge in [-0.15, -0.1) is 0 Å². The molecule has 6 rings (SSSR count). The molecule has 1 N–H and O–H groups in total. The van der Waals surface area contributed by atoms with Crippen molar-refractivity contribution in [2.75, 3.05) is 0 Å². The highest BCUT2D eigenvalue weighted by Crippen LogP contribution is 2.39. The number of fused-ring (bicyclic) bond motifs is 3. The van der Waals surface area contributed by atoms with E-state index >= 15 is 0 Å². The van der Waals surface area contributed by atoms with Crippen molar-refractivity contribution < 1.29 is 0 Å². The number of amidine groups is 3. The van der Waals surface area contributed by atoms with Gasteiger partial charge in [-0.05, 0) is 13.7 Å². The molecule has 0 amide bonds. The average molecular weight is 477 g/mol. The van der Waals surface area contributed by atoms with Crippen LogP contribution in [0.4, 0.5) is 11.6 Å². The summed E-state index contributed by atoms with van der Waals surface area (Å²) in [5.41, 5.74) is 4.82. The van der Waals surface area contributed by atoms with Gasteiger partial charge in [0.05, 0.1) is 0 Å². The number of rotatable bonds is 3. The predicted molar refractivity (Wildman–Crippen MR) is 147 cm³/mol. The number of benzene rings is 3. The molecule has 0 saturated heterocycles. The smallest absolute Gasteiger partial charge is 0.340 e. The largest absolute Gasteiger partial charge is 0.364 e. The van der Waals surface area contributed by atoms with Crippen molar-refractivity contribution in [1.29, 1.82) is 5.41 Å². The van der Waals surface area contributed by atoms with Gasteiger partial charge in [-0.1, -0.05) is 72.8 Å². The summed E-state index contributed by atoms with van der Waals surface area (Å²) in [6, 6.07) is 24.1. The van der Waals surface area contributed by atoms with Crippen molar-refractivity contribution in [3.8, 4) is 0 Å². The second-order valence-corrected chi connectivity index (χ2v) is 9.34. The number of hydrogen-bond donors (Lipinski definition) is 1. The Hall–Kier alpha value is -3.97. The number of aromatic nitrogens is 1. The first kappa shape index (κ1) is 21.6. The molecule has 0 bridgehead atoms. The SMILES string of the molecule is CB(Cl)N1C(=N)c2ccccc2/C1=N/c1c2ccccc2c(/N=C2\N=C(C)c3ccccc32)n1C. The fourth-order valence-electron chi connectivity index (χ4n) is 4.87. The fraction of sp³-hybridized carbons (Fsp3) is 0.111. The average Bonchev–Trinajstić information content (AvgIpc) is 3.44. The molecule has 8 heteroatoms. The maximum absolute atomic E-state index is 8.69. The van der Waals surface area contributed by atoms with Crippen LogP contribution in [0.1, 0.15) is 29.2 Å². The minimum atomic E-state index is -0.424. The maximum atomic E-state index is 8.69. The summed E-state index contributed by atoms with van der Waals surface area (Å²) in [6.07, 6.45) is -0.424. The van der Waals surface area contributed by atoms with Gasteiger partial charge in [0.2, 0.25) is 0 Å². The molecular weight excluding hydrogens is 455 g/mol. The standard InChI is InChI=1S/C27H22BClN6/c1-16-17-10-4-6-12-19(17)24(31-16)32-25-21-14-8-9-15-22(21)26(34(25)3)33-27-20-13-7-5-11-18(20)23(30)35(27)28(2)29/h4-15,30H,1-3H3/b30-23?,32-24-,33-27-. The summed E-state index contributed by atoms with van der Waals surface area (Å²) in [4.78, 5) is 16.7. The molecule has 170 valence electrons. The van der Waals surface area contributed by atoms with E-state index < -0.39 is 6.26 Å². The maximum Gasteiger partial charge on any atom is 0.364 e. The molecular formula is C27H22BClN6. The first-order valence-corrected chi connectivity index (χ1v) is 11.9. The van der Waals surface area contributed by atoms with Gasteiger partial charge < -0.3 is 9.38 Å². The Kier molecular flexibility index (Phi) is 4.97. The molecule has 3 aromatic carbocycles. The fourth-order valence-corrected chi connectivity index (χ4v) is 5.06. The first-order chi connectivity index (χ1) is 17.0. The molecule has 3 heterocycles. The molecule has 0 radical (unpaired) electrons. The van der Waals surface area contributed by atoms with E-state index in [9.17, 15) is 0 Å². The number of nitrogens with zero attached hydrogens (tertiary/aromatic N) is 5. The molecule has 35 heavy (non-hydrogen) atoms. The number of hydrogen-bond acceptors (Lipinski definition) is 3. The first-order valence-electron chi connectivity index (χ1n) is 11.5. The van der Waals surface area contributed by atoms with Gasteiger partial charge in [-0.3, -0.25) is 5.41 Å². The van der Waals surface area contributed by atoms with Crippen molar-refractivity contribution in [2.45, 2.75) is 13.7 Å². The highest BCUT2D eigenvalue weighted by Gasteiger charge is 2.35. The van der Waals surface area contributed by atoms with E-state index in [-0.39, 0.29) is 0 Å². The van der Waals surface area contributed by atoms with E-state index in [2.05, 4.69) is 24.3 Å². The van der Waals surface area contributed by atoms with Crippen LogP contribution in [0, 0.1) is 5.41 Å². The van der Waals surface area contributed by atoms with Crippen LogP contribution in [0.2, 0.25) is 6.82 Å². The van der Waals surface area contributed by atoms with Gasteiger partial charge >= 0.3 is 6.26 Å². The summed E-state index contributed by atoms with van der Waals surface area (Å²) in [7, 11) is 1.97. The molecule has 2 aliphatic heterocycles. The Bertz CT molecular complexity index is 1630. The van der Waals surface area contributed by atoms with Gasteiger partial charge in [0.15, 0.2) is 5.84 Å². The Balaban J connectivity index is 1.58. The van der Waals surface area contributed by atoms with E-state index in [1.165, 1.54) is 0 Å². The van der Waals surface area contributed by atoms with Gasteiger partial charge in [0, 0.05) is 45.8 Å². The van der Waals surface area contributed by atoms with E-state index in [1.807, 2.05) is 73.9 Å². The molecule has 6 nitrogen and oxygen atoms in total. The zero-order valence-corrected chi connectivity index (χ0v) is 20.4. The van der Waals surface area contributed by atoms with E-state index in [1.54, 1.807) is 4.81 Å². The highest BCUT2D eigenvalue weighted by molar-refractivity contribution is 7.07. The zero-order chi connectivity index (χ0) is 24.3. The van der Waals surface area contributed by atoms with Crippen LogP contribution in [-0.4, -0.2) is 38.9 Å². The van der Waals surface area contributed by atoms with Crippen LogP contribution in [-0.2, 0) is 7.05 Å². The quantitative estimate of drug-likeness (QED) is 0.354. The van der Waals surface area contributed by atoms with Crippen LogP contribution < -0.4 is 0 Å². The van der Waals surface area contributed by atoms with Crippen molar-refractivity contribution >= 4 is 63.3 Å². The lowest BCUT2D eigenvalue weighted by Gasteiger charge is -2.20. The Morgan fingerprint density at radius 1 is 0.800 bits per heavy atom. The summed E-state index contributed by atoms with van der Waals surface area (Å²) in [6.45, 7) is 3.87. The predicted octanol–water partition coefficient (Wildman–Crippen LogP) is 6.16. The molecule has 0 fully saturated rings. The molecule has 0 aliphatic carbocycles. The molecule has 0 atom stereocenters. The molecule has 0 unspecified atom stereocenters. The van der Waals surface area contributed by atoms with E-state index in [4.69, 9.17) is 31.8 Å². The Labute approximate surface area is 208 Å². The zero-order valence-electron chi connectivity index (χ0n) is 19.6. The molecule has 1 aromatic heterocycles. The minimum absolute atomic E-state index is 0.355. The van der Waals surface area contributed by atoms with Crippen molar-refractivity contribution in [3.63, 3.8) is 0 Å². The Morgan fingerprint density at radius 3 is 2.00 bits per heavy atom. The van der Waals surface area contributed by atoms with E-state index in [0.29, 0.717) is 17.5 Å². The third kappa shape index (κ3) is 3.26. The van der Waals surface area contributed by atoms with Crippen LogP contribution in [0.25, 0.3) is 10.8 Å². The van der Waals surface area contributed by atoms with Gasteiger partial charge in [0.25, 0.3) is 0 Å². The second kappa shape index (κ2) is 8.06. The van der Waals surface area contributed by atoms with Crippen LogP contribution in [0.15, 0.2) is 87.8 Å². The van der Waals surface area contributed by atoms with Crippen LogP contribution >= 0.6 is 11.5 Å². The van der Waals surface area contributed by atoms with E-state index in [0.717, 1.165) is 50.4 Å². The molecule has 0 saturated carbocycles. The molecule has 4 aromatic rings. The second-order valence-electron chi connectivity index (χ2n) is 8.70. The lowest BCUT2D eigenvalue weighted by Crippen LogP contribution is -2.38. The number of nitrogens with one attached hydrogen (secondary N) is 1. The third-order valence-electron chi connectivity index (χ3n) is 6.55. The van der Waals surface area contributed by atoms with Gasteiger partial charge in [0.1, 0.15) is 23.3 Å². The lowest BCUT2D eigenvalue weighted by atomic mass is 9.93. The number of halogens is 1. The van der Waals surface area contributed by atoms with Gasteiger partial charge in [-0.2, -0.15) is 11.5 Å².